The molecule has 1 heteroatoms. The lowest BCUT2D eigenvalue weighted by atomic mass is 9.75. The van der Waals surface area contributed by atoms with Crippen LogP contribution in [0.2, 0.25) is 0 Å². The summed E-state index contributed by atoms with van der Waals surface area (Å²) in [5, 5.41) is 3.49. The average molecular weight is 243 g/mol. The minimum absolute atomic E-state index is 0.844. The number of hydrogen-bond donors (Lipinski definition) is 1. The molecule has 0 amide bonds. The predicted octanol–water partition coefficient (Wildman–Crippen LogP) is 4.02. The first-order valence-electron chi connectivity index (χ1n) is 7.70. The van der Waals surface area contributed by atoms with Crippen LogP contribution in [0, 0.1) is 5.92 Å². The Bertz CT molecular complexity index is 410. The van der Waals surface area contributed by atoms with E-state index in [2.05, 4.69) is 30.4 Å². The molecule has 1 aromatic rings. The van der Waals surface area contributed by atoms with Crippen LogP contribution in [0.1, 0.15) is 61.6 Å². The minimum Gasteiger partial charge on any atom is -0.312 e. The van der Waals surface area contributed by atoms with Crippen molar-refractivity contribution < 1.29 is 0 Å². The van der Waals surface area contributed by atoms with Crippen molar-refractivity contribution in [1.82, 2.24) is 5.32 Å². The third-order valence-corrected chi connectivity index (χ3v) is 4.98. The van der Waals surface area contributed by atoms with E-state index in [0.29, 0.717) is 0 Å². The van der Waals surface area contributed by atoms with Crippen LogP contribution >= 0.6 is 0 Å². The average Bonchev–Trinajstić information content (AvgIpc) is 2.47. The first kappa shape index (κ1) is 12.2. The fourth-order valence-corrected chi connectivity index (χ4v) is 3.89. The lowest BCUT2D eigenvalue weighted by Crippen LogP contribution is -2.26. The quantitative estimate of drug-likeness (QED) is 0.827. The molecule has 0 bridgehead atoms. The van der Waals surface area contributed by atoms with E-state index in [0.717, 1.165) is 24.9 Å². The van der Waals surface area contributed by atoms with Gasteiger partial charge in [0, 0.05) is 6.54 Å². The molecule has 18 heavy (non-hydrogen) atoms. The number of hydrogen-bond acceptors (Lipinski definition) is 1. The molecule has 1 fully saturated rings. The maximum Gasteiger partial charge on any atom is 0.0208 e. The molecule has 2 aliphatic rings. The Balaban J connectivity index is 1.87. The van der Waals surface area contributed by atoms with E-state index in [4.69, 9.17) is 0 Å². The molecule has 1 aromatic carbocycles. The van der Waals surface area contributed by atoms with Gasteiger partial charge in [-0.1, -0.05) is 44.4 Å². The van der Waals surface area contributed by atoms with E-state index in [1.54, 1.807) is 16.7 Å². The van der Waals surface area contributed by atoms with Gasteiger partial charge in [0.05, 0.1) is 0 Å². The Hall–Kier alpha value is -0.820. The van der Waals surface area contributed by atoms with Crippen LogP contribution in [0.5, 0.6) is 0 Å². The van der Waals surface area contributed by atoms with Crippen molar-refractivity contribution in [3.63, 3.8) is 0 Å². The standard InChI is InChI=1S/C17H25N/c1-2-13-5-3-6-14(11-13)16-8-4-7-15-12-18-10-9-17(15)16/h4,7-8,13-14,18H,2-3,5-6,9-12H2,1H3. The van der Waals surface area contributed by atoms with Gasteiger partial charge in [0.25, 0.3) is 0 Å². The summed E-state index contributed by atoms with van der Waals surface area (Å²) in [6, 6.07) is 6.99. The van der Waals surface area contributed by atoms with Gasteiger partial charge in [-0.05, 0) is 54.3 Å². The molecule has 98 valence electrons. The zero-order chi connectivity index (χ0) is 12.4. The number of nitrogens with one attached hydrogen (secondary N) is 1. The highest BCUT2D eigenvalue weighted by Crippen LogP contribution is 2.39. The van der Waals surface area contributed by atoms with Crippen molar-refractivity contribution in [3.05, 3.63) is 34.9 Å². The van der Waals surface area contributed by atoms with Crippen molar-refractivity contribution in [1.29, 1.82) is 0 Å². The number of benzene rings is 1. The fraction of sp³-hybridized carbons (Fsp3) is 0.647. The molecule has 0 saturated heterocycles. The SMILES string of the molecule is CCC1CCCC(c2cccc3c2CCNC3)C1. The van der Waals surface area contributed by atoms with Gasteiger partial charge in [-0.3, -0.25) is 0 Å². The summed E-state index contributed by atoms with van der Waals surface area (Å²) in [6.07, 6.45) is 8.35. The topological polar surface area (TPSA) is 12.0 Å². The lowest BCUT2D eigenvalue weighted by molar-refractivity contribution is 0.313. The molecule has 1 aliphatic carbocycles. The van der Waals surface area contributed by atoms with Gasteiger partial charge in [-0.2, -0.15) is 0 Å². The highest BCUT2D eigenvalue weighted by Gasteiger charge is 2.25. The maximum atomic E-state index is 3.49. The van der Waals surface area contributed by atoms with E-state index in [-0.39, 0.29) is 0 Å². The second kappa shape index (κ2) is 5.44. The maximum absolute atomic E-state index is 3.49. The van der Waals surface area contributed by atoms with Crippen LogP contribution in [0.25, 0.3) is 0 Å². The van der Waals surface area contributed by atoms with Gasteiger partial charge >= 0.3 is 0 Å². The van der Waals surface area contributed by atoms with Gasteiger partial charge in [-0.25, -0.2) is 0 Å². The summed E-state index contributed by atoms with van der Waals surface area (Å²) in [5.41, 5.74) is 4.92. The summed E-state index contributed by atoms with van der Waals surface area (Å²) >= 11 is 0. The third kappa shape index (κ3) is 2.33. The first-order valence-corrected chi connectivity index (χ1v) is 7.70. The van der Waals surface area contributed by atoms with Crippen LogP contribution in [0.3, 0.4) is 0 Å². The van der Waals surface area contributed by atoms with E-state index < -0.39 is 0 Å². The smallest absolute Gasteiger partial charge is 0.0208 e. The van der Waals surface area contributed by atoms with Gasteiger partial charge in [0.15, 0.2) is 0 Å². The second-order valence-corrected chi connectivity index (χ2v) is 6.05. The van der Waals surface area contributed by atoms with Crippen molar-refractivity contribution in [2.45, 2.75) is 57.9 Å². The zero-order valence-corrected chi connectivity index (χ0v) is 11.5. The monoisotopic (exact) mass is 243 g/mol. The van der Waals surface area contributed by atoms with Gasteiger partial charge in [-0.15, -0.1) is 0 Å². The number of fused-ring (bicyclic) bond motifs is 1. The van der Waals surface area contributed by atoms with E-state index in [9.17, 15) is 0 Å². The van der Waals surface area contributed by atoms with Crippen LogP contribution in [0.4, 0.5) is 0 Å². The molecule has 3 rings (SSSR count). The zero-order valence-electron chi connectivity index (χ0n) is 11.5. The minimum atomic E-state index is 0.844. The fourth-order valence-electron chi connectivity index (χ4n) is 3.89. The van der Waals surface area contributed by atoms with E-state index in [1.165, 1.54) is 38.5 Å². The largest absolute Gasteiger partial charge is 0.312 e. The summed E-state index contributed by atoms with van der Waals surface area (Å²) in [4.78, 5) is 0. The first-order chi connectivity index (χ1) is 8.88. The molecule has 0 spiro atoms. The molecular formula is C17H25N. The van der Waals surface area contributed by atoms with Crippen molar-refractivity contribution >= 4 is 0 Å². The third-order valence-electron chi connectivity index (χ3n) is 4.98. The van der Waals surface area contributed by atoms with Crippen molar-refractivity contribution in [3.8, 4) is 0 Å². The van der Waals surface area contributed by atoms with Crippen molar-refractivity contribution in [2.75, 3.05) is 6.54 Å². The van der Waals surface area contributed by atoms with Gasteiger partial charge < -0.3 is 5.32 Å². The summed E-state index contributed by atoms with van der Waals surface area (Å²) < 4.78 is 0. The molecule has 1 heterocycles. The van der Waals surface area contributed by atoms with Crippen LogP contribution < -0.4 is 5.32 Å². The van der Waals surface area contributed by atoms with E-state index >= 15 is 0 Å². The number of rotatable bonds is 2. The molecular weight excluding hydrogens is 218 g/mol. The van der Waals surface area contributed by atoms with Gasteiger partial charge in [0.1, 0.15) is 0 Å². The highest BCUT2D eigenvalue weighted by atomic mass is 14.9. The van der Waals surface area contributed by atoms with Gasteiger partial charge in [0.2, 0.25) is 0 Å². The van der Waals surface area contributed by atoms with E-state index in [1.807, 2.05) is 0 Å². The molecule has 2 atom stereocenters. The Morgan fingerprint density at radius 2 is 2.22 bits per heavy atom. The molecule has 1 saturated carbocycles. The Morgan fingerprint density at radius 3 is 3.11 bits per heavy atom. The van der Waals surface area contributed by atoms with Crippen LogP contribution in [-0.2, 0) is 13.0 Å². The summed E-state index contributed by atoms with van der Waals surface area (Å²) in [5.74, 6) is 1.82. The van der Waals surface area contributed by atoms with Crippen molar-refractivity contribution in [2.24, 2.45) is 5.92 Å². The summed E-state index contributed by atoms with van der Waals surface area (Å²) in [6.45, 7) is 4.60. The van der Waals surface area contributed by atoms with Crippen LogP contribution in [-0.4, -0.2) is 6.54 Å². The Morgan fingerprint density at radius 1 is 1.28 bits per heavy atom. The molecule has 1 aliphatic heterocycles. The Labute approximate surface area is 111 Å². The molecule has 0 radical (unpaired) electrons. The Kier molecular flexibility index (Phi) is 3.69. The lowest BCUT2D eigenvalue weighted by Gasteiger charge is -2.32. The normalized spacial score (nSPS) is 27.8. The van der Waals surface area contributed by atoms with Crippen LogP contribution in [0.15, 0.2) is 18.2 Å². The molecule has 2 unspecified atom stereocenters. The predicted molar refractivity (Wildman–Crippen MR) is 76.8 cm³/mol. The molecule has 0 aromatic heterocycles. The highest BCUT2D eigenvalue weighted by molar-refractivity contribution is 5.39. The summed E-state index contributed by atoms with van der Waals surface area (Å²) in [7, 11) is 0. The second-order valence-electron chi connectivity index (χ2n) is 6.05. The molecule has 1 nitrogen and oxygen atoms in total. The molecule has 1 N–H and O–H groups in total.